The minimum absolute atomic E-state index is 0.360. The van der Waals surface area contributed by atoms with Crippen molar-refractivity contribution in [2.24, 2.45) is 11.3 Å². The minimum atomic E-state index is 0.360. The largest absolute Gasteiger partial charge is 0.316 e. The molecule has 0 radical (unpaired) electrons. The third-order valence-electron chi connectivity index (χ3n) is 4.16. The Morgan fingerprint density at radius 3 is 2.25 bits per heavy atom. The molecule has 0 aromatic rings. The van der Waals surface area contributed by atoms with Crippen molar-refractivity contribution in [1.29, 1.82) is 0 Å². The predicted octanol–water partition coefficient (Wildman–Crippen LogP) is 2.74. The number of rotatable bonds is 6. The van der Waals surface area contributed by atoms with Gasteiger partial charge in [0.05, 0.1) is 0 Å². The molecule has 16 heavy (non-hydrogen) atoms. The molecular weight excluding hydrogens is 196 g/mol. The molecule has 1 N–H and O–H groups in total. The second-order valence-corrected chi connectivity index (χ2v) is 6.55. The van der Waals surface area contributed by atoms with E-state index in [1.54, 1.807) is 0 Å². The molecule has 0 saturated heterocycles. The fourth-order valence-corrected chi connectivity index (χ4v) is 2.49. The van der Waals surface area contributed by atoms with Crippen LogP contribution in [0.3, 0.4) is 0 Å². The Hall–Kier alpha value is -0.0800. The topological polar surface area (TPSA) is 15.3 Å². The number of nitrogens with zero attached hydrogens (tertiary/aromatic N) is 1. The molecule has 1 saturated carbocycles. The molecule has 0 aromatic carbocycles. The van der Waals surface area contributed by atoms with Gasteiger partial charge >= 0.3 is 0 Å². The molecule has 0 aromatic heterocycles. The average Bonchev–Trinajstić information content (AvgIpc) is 2.98. The van der Waals surface area contributed by atoms with Crippen LogP contribution in [0.15, 0.2) is 0 Å². The lowest BCUT2D eigenvalue weighted by Crippen LogP contribution is -2.42. The Morgan fingerprint density at radius 1 is 1.31 bits per heavy atom. The summed E-state index contributed by atoms with van der Waals surface area (Å²) in [5, 5.41) is 3.45. The summed E-state index contributed by atoms with van der Waals surface area (Å²) < 4.78 is 0. The summed E-state index contributed by atoms with van der Waals surface area (Å²) in [6.07, 6.45) is 4.13. The lowest BCUT2D eigenvalue weighted by Gasteiger charge is -2.33. The quantitative estimate of drug-likeness (QED) is 0.749. The summed E-state index contributed by atoms with van der Waals surface area (Å²) in [4.78, 5) is 2.54. The van der Waals surface area contributed by atoms with E-state index in [1.165, 1.54) is 25.8 Å². The maximum Gasteiger partial charge on any atom is 0.0125 e. The molecule has 0 bridgehead atoms. The van der Waals surface area contributed by atoms with Gasteiger partial charge in [-0.15, -0.1) is 0 Å². The van der Waals surface area contributed by atoms with Gasteiger partial charge in [-0.3, -0.25) is 0 Å². The normalized spacial score (nSPS) is 21.2. The minimum Gasteiger partial charge on any atom is -0.316 e. The van der Waals surface area contributed by atoms with E-state index in [4.69, 9.17) is 0 Å². The van der Waals surface area contributed by atoms with Crippen molar-refractivity contribution in [2.45, 2.75) is 59.0 Å². The fourth-order valence-electron chi connectivity index (χ4n) is 2.49. The van der Waals surface area contributed by atoms with E-state index in [-0.39, 0.29) is 0 Å². The molecule has 1 fully saturated rings. The van der Waals surface area contributed by atoms with Gasteiger partial charge in [-0.2, -0.15) is 0 Å². The SMILES string of the molecule is CNC(CCN(C)C(C)C1CC1)C(C)(C)C. The Kier molecular flexibility index (Phi) is 4.81. The monoisotopic (exact) mass is 226 g/mol. The number of hydrogen-bond donors (Lipinski definition) is 1. The van der Waals surface area contributed by atoms with Crippen molar-refractivity contribution >= 4 is 0 Å². The van der Waals surface area contributed by atoms with Crippen molar-refractivity contribution in [2.75, 3.05) is 20.6 Å². The summed E-state index contributed by atoms with van der Waals surface area (Å²) in [5.74, 6) is 0.979. The van der Waals surface area contributed by atoms with Gasteiger partial charge in [0.1, 0.15) is 0 Å². The van der Waals surface area contributed by atoms with Gasteiger partial charge in [0.2, 0.25) is 0 Å². The molecule has 1 aliphatic carbocycles. The van der Waals surface area contributed by atoms with Crippen molar-refractivity contribution in [1.82, 2.24) is 10.2 Å². The second kappa shape index (κ2) is 5.50. The van der Waals surface area contributed by atoms with Gasteiger partial charge in [0.15, 0.2) is 0 Å². The molecule has 0 amide bonds. The van der Waals surface area contributed by atoms with Crippen LogP contribution in [0.25, 0.3) is 0 Å². The summed E-state index contributed by atoms with van der Waals surface area (Å²) in [7, 11) is 4.36. The highest BCUT2D eigenvalue weighted by Crippen LogP contribution is 2.34. The van der Waals surface area contributed by atoms with Gasteiger partial charge in [0, 0.05) is 12.1 Å². The van der Waals surface area contributed by atoms with E-state index in [2.05, 4.69) is 52.0 Å². The van der Waals surface area contributed by atoms with E-state index < -0.39 is 0 Å². The highest BCUT2D eigenvalue weighted by atomic mass is 15.1. The van der Waals surface area contributed by atoms with E-state index in [9.17, 15) is 0 Å². The fraction of sp³-hybridized carbons (Fsp3) is 1.00. The third-order valence-corrected chi connectivity index (χ3v) is 4.16. The van der Waals surface area contributed by atoms with Gasteiger partial charge in [0.25, 0.3) is 0 Å². The van der Waals surface area contributed by atoms with Gasteiger partial charge in [-0.25, -0.2) is 0 Å². The van der Waals surface area contributed by atoms with Crippen LogP contribution in [0.4, 0.5) is 0 Å². The standard InChI is InChI=1S/C14H30N2/c1-11(12-7-8-12)16(6)10-9-13(15-5)14(2,3)4/h11-13,15H,7-10H2,1-6H3. The summed E-state index contributed by atoms with van der Waals surface area (Å²) in [6.45, 7) is 10.5. The lowest BCUT2D eigenvalue weighted by atomic mass is 9.85. The number of nitrogens with one attached hydrogen (secondary N) is 1. The molecule has 2 atom stereocenters. The summed E-state index contributed by atoms with van der Waals surface area (Å²) >= 11 is 0. The van der Waals surface area contributed by atoms with E-state index in [0.29, 0.717) is 11.5 Å². The van der Waals surface area contributed by atoms with Gasteiger partial charge in [-0.1, -0.05) is 20.8 Å². The van der Waals surface area contributed by atoms with Crippen LogP contribution in [0.2, 0.25) is 0 Å². The smallest absolute Gasteiger partial charge is 0.0125 e. The van der Waals surface area contributed by atoms with Crippen molar-refractivity contribution < 1.29 is 0 Å². The van der Waals surface area contributed by atoms with Crippen molar-refractivity contribution in [3.63, 3.8) is 0 Å². The molecular formula is C14H30N2. The van der Waals surface area contributed by atoms with Crippen LogP contribution in [0.5, 0.6) is 0 Å². The van der Waals surface area contributed by atoms with E-state index in [0.717, 1.165) is 12.0 Å². The maximum absolute atomic E-state index is 3.45. The first-order chi connectivity index (χ1) is 7.36. The van der Waals surface area contributed by atoms with Crippen LogP contribution in [-0.2, 0) is 0 Å². The average molecular weight is 226 g/mol. The first-order valence-electron chi connectivity index (χ1n) is 6.73. The van der Waals surface area contributed by atoms with E-state index >= 15 is 0 Å². The molecule has 0 aliphatic heterocycles. The van der Waals surface area contributed by atoms with E-state index in [1.807, 2.05) is 0 Å². The zero-order valence-electron chi connectivity index (χ0n) is 12.0. The Balaban J connectivity index is 2.31. The van der Waals surface area contributed by atoms with Crippen molar-refractivity contribution in [3.8, 4) is 0 Å². The second-order valence-electron chi connectivity index (χ2n) is 6.55. The molecule has 0 spiro atoms. The van der Waals surface area contributed by atoms with Crippen LogP contribution in [-0.4, -0.2) is 37.6 Å². The zero-order valence-corrected chi connectivity index (χ0v) is 12.0. The molecule has 0 heterocycles. The van der Waals surface area contributed by atoms with Crippen LogP contribution in [0.1, 0.15) is 47.0 Å². The summed E-state index contributed by atoms with van der Waals surface area (Å²) in [5.41, 5.74) is 0.360. The Bertz CT molecular complexity index is 203. The molecule has 2 unspecified atom stereocenters. The highest BCUT2D eigenvalue weighted by Gasteiger charge is 2.31. The predicted molar refractivity (Wildman–Crippen MR) is 71.7 cm³/mol. The first kappa shape index (κ1) is 14.0. The highest BCUT2D eigenvalue weighted by molar-refractivity contribution is 4.86. The molecule has 1 rings (SSSR count). The van der Waals surface area contributed by atoms with Crippen LogP contribution in [0, 0.1) is 11.3 Å². The lowest BCUT2D eigenvalue weighted by molar-refractivity contribution is 0.191. The van der Waals surface area contributed by atoms with Gasteiger partial charge < -0.3 is 10.2 Å². The molecule has 2 nitrogen and oxygen atoms in total. The summed E-state index contributed by atoms with van der Waals surface area (Å²) in [6, 6.07) is 1.39. The van der Waals surface area contributed by atoms with Crippen LogP contribution < -0.4 is 5.32 Å². The first-order valence-corrected chi connectivity index (χ1v) is 6.73. The maximum atomic E-state index is 3.45. The molecule has 2 heteroatoms. The Labute approximate surface area is 102 Å². The van der Waals surface area contributed by atoms with Gasteiger partial charge in [-0.05, 0) is 58.2 Å². The zero-order chi connectivity index (χ0) is 12.3. The molecule has 1 aliphatic rings. The van der Waals surface area contributed by atoms with Crippen molar-refractivity contribution in [3.05, 3.63) is 0 Å². The molecule has 96 valence electrons. The van der Waals surface area contributed by atoms with Crippen LogP contribution >= 0.6 is 0 Å². The third kappa shape index (κ3) is 4.06. The number of hydrogen-bond acceptors (Lipinski definition) is 2. The Morgan fingerprint density at radius 2 is 1.88 bits per heavy atom.